The minimum atomic E-state index is 0.589. The van der Waals surface area contributed by atoms with Crippen molar-refractivity contribution in [2.75, 3.05) is 0 Å². The van der Waals surface area contributed by atoms with Gasteiger partial charge in [0.05, 0.1) is 44.1 Å². The second-order valence-electron chi connectivity index (χ2n) is 25.7. The van der Waals surface area contributed by atoms with E-state index < -0.39 is 0 Å². The molecular formula is C90H54N10S2. The Bertz CT molecular complexity index is 7130. The van der Waals surface area contributed by atoms with E-state index in [0.717, 1.165) is 77.5 Å². The van der Waals surface area contributed by atoms with E-state index >= 15 is 0 Å². The Morgan fingerprint density at radius 1 is 0.196 bits per heavy atom. The average Bonchev–Trinajstić information content (AvgIpc) is 1.54. The van der Waals surface area contributed by atoms with Crippen LogP contribution in [0.2, 0.25) is 0 Å². The van der Waals surface area contributed by atoms with Crippen molar-refractivity contribution >= 4 is 150 Å². The molecule has 14 aromatic carbocycles. The van der Waals surface area contributed by atoms with Gasteiger partial charge in [-0.1, -0.05) is 218 Å². The summed E-state index contributed by atoms with van der Waals surface area (Å²) < 4.78 is 14.2. The molecule has 0 radical (unpaired) electrons. The van der Waals surface area contributed by atoms with Crippen molar-refractivity contribution in [3.05, 3.63) is 328 Å². The third-order valence-corrected chi connectivity index (χ3v) is 22.2. The van der Waals surface area contributed by atoms with E-state index in [1.165, 1.54) is 83.7 Å². The van der Waals surface area contributed by atoms with Gasteiger partial charge in [-0.2, -0.15) is 19.9 Å². The highest BCUT2D eigenvalue weighted by Gasteiger charge is 2.26. The van der Waals surface area contributed by atoms with Crippen LogP contribution in [-0.2, 0) is 0 Å². The number of benzene rings is 14. The molecular weight excluding hydrogens is 1290 g/mol. The first kappa shape index (κ1) is 57.8. The third kappa shape index (κ3) is 9.03. The Balaban J connectivity index is 0.000000133. The molecule has 22 aromatic rings. The van der Waals surface area contributed by atoms with Crippen LogP contribution >= 0.6 is 22.7 Å². The summed E-state index contributed by atoms with van der Waals surface area (Å²) in [6.45, 7) is 0. The number of para-hydroxylation sites is 6. The molecule has 476 valence electrons. The molecule has 0 saturated carbocycles. The molecule has 0 amide bonds. The van der Waals surface area contributed by atoms with Gasteiger partial charge in [0.15, 0.2) is 23.3 Å². The maximum absolute atomic E-state index is 5.34. The molecule has 0 N–H and O–H groups in total. The van der Waals surface area contributed by atoms with Crippen LogP contribution in [0.3, 0.4) is 0 Å². The smallest absolute Gasteiger partial charge is 0.238 e. The van der Waals surface area contributed by atoms with Crippen molar-refractivity contribution in [2.45, 2.75) is 0 Å². The summed E-state index contributed by atoms with van der Waals surface area (Å²) in [5, 5.41) is 14.4. The number of thiophene rings is 2. The summed E-state index contributed by atoms with van der Waals surface area (Å²) in [5.74, 6) is 3.75. The van der Waals surface area contributed by atoms with Gasteiger partial charge >= 0.3 is 0 Å². The normalized spacial score (nSPS) is 11.9. The van der Waals surface area contributed by atoms with Crippen LogP contribution in [0.25, 0.3) is 196 Å². The van der Waals surface area contributed by atoms with Crippen molar-refractivity contribution < 1.29 is 0 Å². The number of nitrogens with zero attached hydrogens (tertiary/aromatic N) is 10. The lowest BCUT2D eigenvalue weighted by molar-refractivity contribution is 0.953. The Hall–Kier alpha value is -13.3. The van der Waals surface area contributed by atoms with Crippen molar-refractivity contribution in [1.82, 2.24) is 48.2 Å². The van der Waals surface area contributed by atoms with E-state index in [9.17, 15) is 0 Å². The van der Waals surface area contributed by atoms with Crippen molar-refractivity contribution in [3.8, 4) is 68.8 Å². The fourth-order valence-electron chi connectivity index (χ4n) is 15.6. The number of aromatic nitrogens is 10. The lowest BCUT2D eigenvalue weighted by Gasteiger charge is -2.12. The Morgan fingerprint density at radius 2 is 0.539 bits per heavy atom. The minimum Gasteiger partial charge on any atom is -0.309 e. The fraction of sp³-hybridized carbons (Fsp3) is 0. The van der Waals surface area contributed by atoms with E-state index in [0.29, 0.717) is 35.2 Å². The topological polar surface area (TPSA) is 97.1 Å². The van der Waals surface area contributed by atoms with Crippen LogP contribution in [0.1, 0.15) is 0 Å². The fourth-order valence-corrected chi connectivity index (χ4v) is 17.8. The van der Waals surface area contributed by atoms with Gasteiger partial charge in [-0.3, -0.25) is 9.13 Å². The van der Waals surface area contributed by atoms with Crippen molar-refractivity contribution in [1.29, 1.82) is 0 Å². The van der Waals surface area contributed by atoms with Crippen LogP contribution in [0.15, 0.2) is 328 Å². The monoisotopic (exact) mass is 1340 g/mol. The van der Waals surface area contributed by atoms with E-state index in [1.54, 1.807) is 11.3 Å². The van der Waals surface area contributed by atoms with Gasteiger partial charge in [0.25, 0.3) is 0 Å². The van der Waals surface area contributed by atoms with Gasteiger partial charge in [0, 0.05) is 117 Å². The Labute approximate surface area is 590 Å². The summed E-state index contributed by atoms with van der Waals surface area (Å²) in [6.07, 6.45) is 0. The van der Waals surface area contributed by atoms with Crippen LogP contribution in [0.4, 0.5) is 0 Å². The zero-order valence-corrected chi connectivity index (χ0v) is 56.1. The SMILES string of the molecule is c1ccc(-c2nc(-c3ccc4sc5ccccc5c4c3)nc(-n3c4ccccc4c4c5c6ccccc6n(-c6ccccc6)c5ccc43)n2)cc1.c1ccc(-c2nc(-c3cccc4sc5ccccc5c34)nc(-n3c4ccccc4c4c5c6ccccc6n(-c6ccccc6)c5ccc43)n2)cc1. The van der Waals surface area contributed by atoms with Gasteiger partial charge in [-0.15, -0.1) is 22.7 Å². The predicted molar refractivity (Wildman–Crippen MR) is 425 cm³/mol. The highest BCUT2D eigenvalue weighted by molar-refractivity contribution is 7.26. The van der Waals surface area contributed by atoms with E-state index in [-0.39, 0.29) is 0 Å². The van der Waals surface area contributed by atoms with E-state index in [1.807, 2.05) is 47.7 Å². The highest BCUT2D eigenvalue weighted by atomic mass is 32.1. The molecule has 102 heavy (non-hydrogen) atoms. The average molecular weight is 1340 g/mol. The van der Waals surface area contributed by atoms with Gasteiger partial charge in [0.1, 0.15) is 0 Å². The van der Waals surface area contributed by atoms with Gasteiger partial charge in [-0.05, 0) is 109 Å². The van der Waals surface area contributed by atoms with Crippen molar-refractivity contribution in [3.63, 3.8) is 0 Å². The molecule has 0 aliphatic heterocycles. The Kier molecular flexibility index (Phi) is 13.1. The lowest BCUT2D eigenvalue weighted by atomic mass is 10.1. The summed E-state index contributed by atoms with van der Waals surface area (Å²) in [4.78, 5) is 31.3. The largest absolute Gasteiger partial charge is 0.309 e. The summed E-state index contributed by atoms with van der Waals surface area (Å²) >= 11 is 3.61. The first-order valence-corrected chi connectivity index (χ1v) is 35.7. The van der Waals surface area contributed by atoms with Crippen LogP contribution in [0, 0.1) is 0 Å². The molecule has 0 saturated heterocycles. The standard InChI is InChI=1S/2C45H27N5S/c1-3-14-28(15-4-1)43-46-44(33-21-13-25-39-40(33)32-20-9-12-24-38(32)51-39)48-45(47-43)50-35-23-11-8-19-31(35)42-37(50)27-26-36-41(42)30-18-7-10-22-34(30)49(36)29-16-5-2-6-17-29;1-3-13-28(14-4-1)43-46-44(29-23-26-40-34(27-29)31-17-9-12-22-39(31)51-40)48-45(47-43)50-36-21-11-8-19-33(36)42-38(50)25-24-37-41(42)32-18-7-10-20-35(32)49(37)30-15-5-2-6-16-30/h2*1-27H. The molecule has 22 rings (SSSR count). The molecule has 0 aliphatic rings. The van der Waals surface area contributed by atoms with Crippen LogP contribution in [0.5, 0.6) is 0 Å². The molecule has 0 atom stereocenters. The molecule has 0 unspecified atom stereocenters. The molecule has 0 fully saturated rings. The molecule has 0 aliphatic carbocycles. The summed E-state index contributed by atoms with van der Waals surface area (Å²) in [6, 6.07) is 115. The van der Waals surface area contributed by atoms with Crippen molar-refractivity contribution in [2.24, 2.45) is 0 Å². The number of hydrogen-bond acceptors (Lipinski definition) is 8. The molecule has 0 spiro atoms. The van der Waals surface area contributed by atoms with E-state index in [2.05, 4.69) is 309 Å². The van der Waals surface area contributed by atoms with E-state index in [4.69, 9.17) is 29.9 Å². The molecule has 10 nitrogen and oxygen atoms in total. The molecule has 12 heteroatoms. The number of rotatable bonds is 8. The first-order chi connectivity index (χ1) is 50.6. The molecule has 8 heterocycles. The van der Waals surface area contributed by atoms with Gasteiger partial charge < -0.3 is 9.13 Å². The zero-order valence-electron chi connectivity index (χ0n) is 54.5. The second-order valence-corrected chi connectivity index (χ2v) is 27.8. The lowest BCUT2D eigenvalue weighted by Crippen LogP contribution is -2.06. The van der Waals surface area contributed by atoms with Gasteiger partial charge in [-0.25, -0.2) is 9.97 Å². The maximum Gasteiger partial charge on any atom is 0.238 e. The second kappa shape index (κ2) is 23.2. The maximum atomic E-state index is 5.34. The number of hydrogen-bond donors (Lipinski definition) is 0. The number of fused-ring (bicyclic) bond motifs is 20. The molecule has 8 aromatic heterocycles. The minimum absolute atomic E-state index is 0.589. The summed E-state index contributed by atoms with van der Waals surface area (Å²) in [7, 11) is 0. The molecule has 0 bridgehead atoms. The van der Waals surface area contributed by atoms with Gasteiger partial charge in [0.2, 0.25) is 11.9 Å². The van der Waals surface area contributed by atoms with Crippen LogP contribution in [-0.4, -0.2) is 48.2 Å². The first-order valence-electron chi connectivity index (χ1n) is 34.1. The summed E-state index contributed by atoms with van der Waals surface area (Å²) in [5.41, 5.74) is 15.0. The quantitative estimate of drug-likeness (QED) is 0.150. The third-order valence-electron chi connectivity index (χ3n) is 20.0. The predicted octanol–water partition coefficient (Wildman–Crippen LogP) is 23.5. The zero-order chi connectivity index (χ0) is 66.9. The Morgan fingerprint density at radius 3 is 1.03 bits per heavy atom. The highest BCUT2D eigenvalue weighted by Crippen LogP contribution is 2.46. The van der Waals surface area contributed by atoms with Crippen LogP contribution < -0.4 is 0 Å².